The van der Waals surface area contributed by atoms with Crippen LogP contribution in [0.3, 0.4) is 0 Å². The van der Waals surface area contributed by atoms with Crippen LogP contribution in [0, 0.1) is 0 Å². The van der Waals surface area contributed by atoms with E-state index in [2.05, 4.69) is 5.32 Å². The summed E-state index contributed by atoms with van der Waals surface area (Å²) in [4.78, 5) is 56.3. The normalized spacial score (nSPS) is 13.5. The SMILES string of the molecule is N[C@@H](CCC(=O)N[C@@H](Cc1ccc(OC(=O)[C@@H](N)CCC(=O)O)cc1)C(=O)O)C(=O)O. The monoisotopic (exact) mass is 439 g/mol. The second kappa shape index (κ2) is 12.2. The van der Waals surface area contributed by atoms with Crippen LogP contribution in [0.4, 0.5) is 0 Å². The van der Waals surface area contributed by atoms with E-state index in [1.54, 1.807) is 0 Å². The molecule has 0 spiro atoms. The number of carboxylic acid groups (broad SMARTS) is 3. The van der Waals surface area contributed by atoms with Crippen molar-refractivity contribution >= 4 is 29.8 Å². The fraction of sp³-hybridized carbons (Fsp3) is 0.421. The molecule has 170 valence electrons. The number of carboxylic acids is 3. The molecular formula is C19H25N3O9. The van der Waals surface area contributed by atoms with Gasteiger partial charge in [-0.05, 0) is 30.5 Å². The van der Waals surface area contributed by atoms with Crippen molar-refractivity contribution in [3.8, 4) is 5.75 Å². The highest BCUT2D eigenvalue weighted by molar-refractivity contribution is 5.84. The minimum absolute atomic E-state index is 0.0710. The summed E-state index contributed by atoms with van der Waals surface area (Å²) in [5.41, 5.74) is 11.4. The Kier molecular flexibility index (Phi) is 10.1. The first kappa shape index (κ1) is 25.5. The van der Waals surface area contributed by atoms with Crippen LogP contribution >= 0.6 is 0 Å². The zero-order chi connectivity index (χ0) is 23.6. The fourth-order valence-corrected chi connectivity index (χ4v) is 2.39. The van der Waals surface area contributed by atoms with Crippen molar-refractivity contribution in [2.75, 3.05) is 0 Å². The molecule has 0 unspecified atom stereocenters. The Morgan fingerprint density at radius 3 is 1.97 bits per heavy atom. The molecule has 0 aliphatic carbocycles. The average Bonchev–Trinajstić information content (AvgIpc) is 2.70. The van der Waals surface area contributed by atoms with E-state index in [1.165, 1.54) is 24.3 Å². The van der Waals surface area contributed by atoms with Crippen molar-refractivity contribution < 1.29 is 44.0 Å². The summed E-state index contributed by atoms with van der Waals surface area (Å²) in [6.07, 6.45) is -0.807. The molecule has 3 atom stereocenters. The Balaban J connectivity index is 2.62. The van der Waals surface area contributed by atoms with Crippen LogP contribution < -0.4 is 21.5 Å². The molecule has 1 aromatic rings. The second-order valence-electron chi connectivity index (χ2n) is 6.75. The van der Waals surface area contributed by atoms with Crippen LogP contribution in [0.1, 0.15) is 31.2 Å². The van der Waals surface area contributed by atoms with Gasteiger partial charge in [0, 0.05) is 19.3 Å². The van der Waals surface area contributed by atoms with Crippen molar-refractivity contribution in [2.45, 2.75) is 50.2 Å². The minimum atomic E-state index is -1.28. The molecule has 0 bridgehead atoms. The number of hydrogen-bond acceptors (Lipinski definition) is 8. The summed E-state index contributed by atoms with van der Waals surface area (Å²) in [6.45, 7) is 0. The lowest BCUT2D eigenvalue weighted by molar-refractivity contribution is -0.142. The smallest absolute Gasteiger partial charge is 0.328 e. The Bertz CT molecular complexity index is 810. The van der Waals surface area contributed by atoms with Crippen molar-refractivity contribution in [1.82, 2.24) is 5.32 Å². The average molecular weight is 439 g/mol. The molecule has 1 amide bonds. The summed E-state index contributed by atoms with van der Waals surface area (Å²) in [5.74, 6) is -4.94. The zero-order valence-electron chi connectivity index (χ0n) is 16.5. The number of benzene rings is 1. The van der Waals surface area contributed by atoms with Crippen LogP contribution in [0.25, 0.3) is 0 Å². The number of aliphatic carboxylic acids is 3. The molecule has 0 aliphatic heterocycles. The number of nitrogens with one attached hydrogen (secondary N) is 1. The van der Waals surface area contributed by atoms with Crippen molar-refractivity contribution in [1.29, 1.82) is 0 Å². The number of carbonyl (C=O) groups is 5. The quantitative estimate of drug-likeness (QED) is 0.163. The van der Waals surface area contributed by atoms with Crippen LogP contribution in [0.5, 0.6) is 5.75 Å². The lowest BCUT2D eigenvalue weighted by Crippen LogP contribution is -2.43. The van der Waals surface area contributed by atoms with Gasteiger partial charge < -0.3 is 36.8 Å². The van der Waals surface area contributed by atoms with Gasteiger partial charge in [0.25, 0.3) is 0 Å². The van der Waals surface area contributed by atoms with Gasteiger partial charge in [0.15, 0.2) is 0 Å². The van der Waals surface area contributed by atoms with E-state index in [9.17, 15) is 29.1 Å². The standard InChI is InChI=1S/C19H25N3O9/c20-12(17(26)27)5-7-15(23)22-14(18(28)29)9-10-1-3-11(4-2-10)31-19(30)13(21)6-8-16(24)25/h1-4,12-14H,5-9,20-21H2,(H,22,23)(H,24,25)(H,26,27)(H,28,29)/t12-,13-,14-/m0/s1. The van der Waals surface area contributed by atoms with Crippen LogP contribution in [0.15, 0.2) is 24.3 Å². The zero-order valence-corrected chi connectivity index (χ0v) is 16.5. The predicted octanol–water partition coefficient (Wildman–Crippen LogP) is -0.912. The maximum absolute atomic E-state index is 11.9. The number of amides is 1. The van der Waals surface area contributed by atoms with E-state index >= 15 is 0 Å². The van der Waals surface area contributed by atoms with Crippen LogP contribution in [0.2, 0.25) is 0 Å². The number of hydrogen-bond donors (Lipinski definition) is 6. The van der Waals surface area contributed by atoms with E-state index < -0.39 is 47.9 Å². The van der Waals surface area contributed by atoms with Gasteiger partial charge in [-0.2, -0.15) is 0 Å². The molecule has 1 aromatic carbocycles. The topological polar surface area (TPSA) is 219 Å². The molecule has 0 saturated heterocycles. The molecule has 12 heteroatoms. The molecule has 31 heavy (non-hydrogen) atoms. The van der Waals surface area contributed by atoms with E-state index in [1.807, 2.05) is 0 Å². The summed E-state index contributed by atoms with van der Waals surface area (Å²) in [7, 11) is 0. The van der Waals surface area contributed by atoms with Gasteiger partial charge in [-0.1, -0.05) is 12.1 Å². The largest absolute Gasteiger partial charge is 0.481 e. The maximum atomic E-state index is 11.9. The Hall–Kier alpha value is -3.51. The van der Waals surface area contributed by atoms with E-state index in [4.69, 9.17) is 26.4 Å². The third-order valence-electron chi connectivity index (χ3n) is 4.19. The highest BCUT2D eigenvalue weighted by Gasteiger charge is 2.22. The van der Waals surface area contributed by atoms with Gasteiger partial charge >= 0.3 is 23.9 Å². The first-order valence-corrected chi connectivity index (χ1v) is 9.28. The Labute approximate surface area is 177 Å². The molecular weight excluding hydrogens is 414 g/mol. The molecule has 0 radical (unpaired) electrons. The summed E-state index contributed by atoms with van der Waals surface area (Å²) in [5, 5.41) is 28.9. The van der Waals surface area contributed by atoms with Gasteiger partial charge in [0.1, 0.15) is 23.9 Å². The first-order chi connectivity index (χ1) is 14.5. The summed E-state index contributed by atoms with van der Waals surface area (Å²) in [6, 6.07) is 2.22. The highest BCUT2D eigenvalue weighted by atomic mass is 16.5. The molecule has 12 nitrogen and oxygen atoms in total. The van der Waals surface area contributed by atoms with Gasteiger partial charge in [-0.3, -0.25) is 14.4 Å². The molecule has 0 fully saturated rings. The highest BCUT2D eigenvalue weighted by Crippen LogP contribution is 2.15. The van der Waals surface area contributed by atoms with E-state index in [0.29, 0.717) is 5.56 Å². The lowest BCUT2D eigenvalue weighted by Gasteiger charge is -2.16. The first-order valence-electron chi connectivity index (χ1n) is 9.28. The number of esters is 1. The van der Waals surface area contributed by atoms with Crippen molar-refractivity contribution in [3.63, 3.8) is 0 Å². The molecule has 0 aromatic heterocycles. The molecule has 0 aliphatic rings. The Morgan fingerprint density at radius 2 is 1.45 bits per heavy atom. The van der Waals surface area contributed by atoms with Crippen molar-refractivity contribution in [2.24, 2.45) is 11.5 Å². The molecule has 0 heterocycles. The number of rotatable bonds is 13. The summed E-state index contributed by atoms with van der Waals surface area (Å²) >= 11 is 0. The van der Waals surface area contributed by atoms with Crippen LogP contribution in [-0.2, 0) is 30.4 Å². The summed E-state index contributed by atoms with van der Waals surface area (Å²) < 4.78 is 5.05. The van der Waals surface area contributed by atoms with Crippen LogP contribution in [-0.4, -0.2) is 63.2 Å². The molecule has 1 rings (SSSR count). The second-order valence-corrected chi connectivity index (χ2v) is 6.75. The Morgan fingerprint density at radius 1 is 0.871 bits per heavy atom. The maximum Gasteiger partial charge on any atom is 0.328 e. The van der Waals surface area contributed by atoms with E-state index in [-0.39, 0.29) is 37.9 Å². The van der Waals surface area contributed by atoms with Crippen molar-refractivity contribution in [3.05, 3.63) is 29.8 Å². The van der Waals surface area contributed by atoms with Gasteiger partial charge in [-0.25, -0.2) is 9.59 Å². The predicted molar refractivity (Wildman–Crippen MR) is 105 cm³/mol. The number of nitrogens with two attached hydrogens (primary N) is 2. The third-order valence-corrected chi connectivity index (χ3v) is 4.19. The van der Waals surface area contributed by atoms with Gasteiger partial charge in [0.2, 0.25) is 5.91 Å². The van der Waals surface area contributed by atoms with Gasteiger partial charge in [0.05, 0.1) is 0 Å². The molecule has 8 N–H and O–H groups in total. The number of carbonyl (C=O) groups excluding carboxylic acids is 2. The van der Waals surface area contributed by atoms with E-state index in [0.717, 1.165) is 0 Å². The fourth-order valence-electron chi connectivity index (χ4n) is 2.39. The lowest BCUT2D eigenvalue weighted by atomic mass is 10.1. The molecule has 0 saturated carbocycles. The van der Waals surface area contributed by atoms with Gasteiger partial charge in [-0.15, -0.1) is 0 Å². The number of ether oxygens (including phenoxy) is 1. The minimum Gasteiger partial charge on any atom is -0.481 e. The third kappa shape index (κ3) is 9.69.